The summed E-state index contributed by atoms with van der Waals surface area (Å²) in [6, 6.07) is 9.46. The number of aromatic nitrogens is 2. The van der Waals surface area contributed by atoms with Gasteiger partial charge in [-0.1, -0.05) is 11.2 Å². The molecule has 0 spiro atoms. The Hall–Kier alpha value is -2.56. The molecule has 0 aliphatic rings. The maximum Gasteiger partial charge on any atom is 0.233 e. The number of methoxy groups -OCH3 is 1. The molecule has 0 radical (unpaired) electrons. The Morgan fingerprint density at radius 3 is 2.89 bits per heavy atom. The van der Waals surface area contributed by atoms with Crippen molar-refractivity contribution in [3.05, 3.63) is 36.5 Å². The minimum Gasteiger partial charge on any atom is -0.496 e. The molecule has 5 nitrogen and oxygen atoms in total. The Bertz CT molecular complexity index is 692. The van der Waals surface area contributed by atoms with Gasteiger partial charge in [0, 0.05) is 11.8 Å². The van der Waals surface area contributed by atoms with E-state index in [-0.39, 0.29) is 5.88 Å². The van der Waals surface area contributed by atoms with E-state index in [1.807, 2.05) is 30.3 Å². The van der Waals surface area contributed by atoms with Crippen molar-refractivity contribution in [3.8, 4) is 17.0 Å². The van der Waals surface area contributed by atoms with Gasteiger partial charge in [-0.05, 0) is 24.3 Å². The quantitative estimate of drug-likeness (QED) is 0.746. The second kappa shape index (κ2) is 4.03. The first kappa shape index (κ1) is 10.6. The van der Waals surface area contributed by atoms with Gasteiger partial charge in [-0.25, -0.2) is 0 Å². The van der Waals surface area contributed by atoms with Crippen LogP contribution in [0.25, 0.3) is 22.2 Å². The Kier molecular flexibility index (Phi) is 2.37. The lowest BCUT2D eigenvalue weighted by molar-refractivity contribution is 0.419. The highest BCUT2D eigenvalue weighted by Crippen LogP contribution is 2.34. The summed E-state index contributed by atoms with van der Waals surface area (Å²) < 4.78 is 10.3. The van der Waals surface area contributed by atoms with Gasteiger partial charge in [-0.2, -0.15) is 0 Å². The first-order valence-corrected chi connectivity index (χ1v) is 5.44. The number of rotatable bonds is 2. The van der Waals surface area contributed by atoms with Crippen molar-refractivity contribution in [2.45, 2.75) is 0 Å². The number of hydrogen-bond donors (Lipinski definition) is 1. The number of anilines is 1. The molecule has 1 aromatic carbocycles. The van der Waals surface area contributed by atoms with Crippen molar-refractivity contribution >= 4 is 16.8 Å². The molecule has 2 N–H and O–H groups in total. The van der Waals surface area contributed by atoms with Crippen molar-refractivity contribution in [1.82, 2.24) is 10.1 Å². The van der Waals surface area contributed by atoms with Gasteiger partial charge in [0.2, 0.25) is 5.88 Å². The number of pyridine rings is 1. The predicted molar refractivity (Wildman–Crippen MR) is 68.2 cm³/mol. The molecule has 0 amide bonds. The lowest BCUT2D eigenvalue weighted by Gasteiger charge is -2.05. The zero-order valence-corrected chi connectivity index (χ0v) is 9.75. The molecular formula is C13H11N3O2. The minimum absolute atomic E-state index is 0.259. The van der Waals surface area contributed by atoms with Gasteiger partial charge >= 0.3 is 0 Å². The van der Waals surface area contributed by atoms with Crippen LogP contribution in [0, 0.1) is 0 Å². The Morgan fingerprint density at radius 1 is 1.28 bits per heavy atom. The van der Waals surface area contributed by atoms with Crippen molar-refractivity contribution in [1.29, 1.82) is 0 Å². The molecule has 0 bridgehead atoms. The van der Waals surface area contributed by atoms with Crippen molar-refractivity contribution < 1.29 is 9.26 Å². The van der Waals surface area contributed by atoms with E-state index in [9.17, 15) is 0 Å². The molecular weight excluding hydrogens is 230 g/mol. The number of fused-ring (bicyclic) bond motifs is 1. The molecule has 0 atom stereocenters. The van der Waals surface area contributed by atoms with Crippen LogP contribution in [0.5, 0.6) is 5.75 Å². The summed E-state index contributed by atoms with van der Waals surface area (Å²) in [7, 11) is 1.59. The zero-order valence-electron chi connectivity index (χ0n) is 9.75. The van der Waals surface area contributed by atoms with Crippen LogP contribution >= 0.6 is 0 Å². The molecule has 3 aromatic rings. The number of ether oxygens (including phenoxy) is 1. The van der Waals surface area contributed by atoms with Gasteiger partial charge in [-0.3, -0.25) is 4.98 Å². The van der Waals surface area contributed by atoms with Gasteiger partial charge in [0.1, 0.15) is 16.7 Å². The van der Waals surface area contributed by atoms with Gasteiger partial charge in [0.25, 0.3) is 0 Å². The fourth-order valence-electron chi connectivity index (χ4n) is 1.91. The molecule has 2 aromatic heterocycles. The predicted octanol–water partition coefficient (Wildman–Crippen LogP) is 2.48. The summed E-state index contributed by atoms with van der Waals surface area (Å²) in [5, 5.41) is 4.60. The van der Waals surface area contributed by atoms with E-state index in [4.69, 9.17) is 15.0 Å². The van der Waals surface area contributed by atoms with Gasteiger partial charge in [0.15, 0.2) is 0 Å². The number of hydrogen-bond acceptors (Lipinski definition) is 5. The fourth-order valence-corrected chi connectivity index (χ4v) is 1.91. The maximum atomic E-state index is 5.72. The normalized spacial score (nSPS) is 10.7. The third-order valence-electron chi connectivity index (χ3n) is 2.75. The molecule has 2 heterocycles. The van der Waals surface area contributed by atoms with Crippen LogP contribution in [0.2, 0.25) is 0 Å². The van der Waals surface area contributed by atoms with Crippen LogP contribution in [0.15, 0.2) is 41.1 Å². The molecule has 0 saturated heterocycles. The highest BCUT2D eigenvalue weighted by Gasteiger charge is 2.13. The average Bonchev–Trinajstić information content (AvgIpc) is 2.81. The van der Waals surface area contributed by atoms with E-state index in [1.165, 1.54) is 0 Å². The van der Waals surface area contributed by atoms with Crippen LogP contribution < -0.4 is 10.5 Å². The molecule has 90 valence electrons. The summed E-state index contributed by atoms with van der Waals surface area (Å²) in [6.45, 7) is 0. The number of nitrogens with zero attached hydrogens (tertiary/aromatic N) is 2. The smallest absolute Gasteiger partial charge is 0.233 e. The van der Waals surface area contributed by atoms with Crippen molar-refractivity contribution in [2.24, 2.45) is 0 Å². The second-order valence-corrected chi connectivity index (χ2v) is 3.83. The van der Waals surface area contributed by atoms with Crippen LogP contribution in [-0.2, 0) is 0 Å². The monoisotopic (exact) mass is 241 g/mol. The van der Waals surface area contributed by atoms with E-state index in [0.717, 1.165) is 11.3 Å². The highest BCUT2D eigenvalue weighted by molar-refractivity contribution is 5.96. The number of benzene rings is 1. The molecule has 3 rings (SSSR count). The van der Waals surface area contributed by atoms with Crippen LogP contribution in [0.4, 0.5) is 5.88 Å². The van der Waals surface area contributed by atoms with E-state index in [1.54, 1.807) is 13.3 Å². The minimum atomic E-state index is 0.259. The standard InChI is InChI=1S/C13H11N3O2/c1-17-11-7-8(9-4-2-3-5-15-9)6-10-12(11)13(14)18-16-10/h2-7H,14H2,1H3. The van der Waals surface area contributed by atoms with E-state index < -0.39 is 0 Å². The second-order valence-electron chi connectivity index (χ2n) is 3.83. The molecule has 0 saturated carbocycles. The van der Waals surface area contributed by atoms with Crippen LogP contribution in [-0.4, -0.2) is 17.3 Å². The molecule has 0 unspecified atom stereocenters. The lowest BCUT2D eigenvalue weighted by Crippen LogP contribution is -1.89. The third kappa shape index (κ3) is 1.57. The number of nitrogens with two attached hydrogens (primary N) is 1. The lowest BCUT2D eigenvalue weighted by atomic mass is 10.1. The summed E-state index contributed by atoms with van der Waals surface area (Å²) in [4.78, 5) is 4.29. The number of nitrogen functional groups attached to an aromatic ring is 1. The van der Waals surface area contributed by atoms with Crippen LogP contribution in [0.1, 0.15) is 0 Å². The molecule has 18 heavy (non-hydrogen) atoms. The summed E-state index contributed by atoms with van der Waals surface area (Å²) >= 11 is 0. The van der Waals surface area contributed by atoms with E-state index in [0.29, 0.717) is 16.7 Å². The van der Waals surface area contributed by atoms with Gasteiger partial charge in [-0.15, -0.1) is 0 Å². The molecule has 5 heteroatoms. The average molecular weight is 241 g/mol. The van der Waals surface area contributed by atoms with Gasteiger partial charge in [0.05, 0.1) is 12.8 Å². The Morgan fingerprint density at radius 2 is 2.17 bits per heavy atom. The van der Waals surface area contributed by atoms with E-state index >= 15 is 0 Å². The topological polar surface area (TPSA) is 74.2 Å². The molecule has 0 aliphatic carbocycles. The van der Waals surface area contributed by atoms with Crippen molar-refractivity contribution in [2.75, 3.05) is 12.8 Å². The molecule has 0 aliphatic heterocycles. The summed E-state index contributed by atoms with van der Waals surface area (Å²) in [5.41, 5.74) is 8.13. The fraction of sp³-hybridized carbons (Fsp3) is 0.0769. The third-order valence-corrected chi connectivity index (χ3v) is 2.75. The first-order chi connectivity index (χ1) is 8.79. The summed E-state index contributed by atoms with van der Waals surface area (Å²) in [6.07, 6.45) is 1.74. The van der Waals surface area contributed by atoms with E-state index in [2.05, 4.69) is 10.1 Å². The zero-order chi connectivity index (χ0) is 12.5. The largest absolute Gasteiger partial charge is 0.496 e. The Labute approximate surface area is 103 Å². The first-order valence-electron chi connectivity index (χ1n) is 5.44. The van der Waals surface area contributed by atoms with Gasteiger partial charge < -0.3 is 15.0 Å². The van der Waals surface area contributed by atoms with Crippen molar-refractivity contribution in [3.63, 3.8) is 0 Å². The Balaban J connectivity index is 2.27. The maximum absolute atomic E-state index is 5.72. The molecule has 0 fully saturated rings. The highest BCUT2D eigenvalue weighted by atomic mass is 16.5. The summed E-state index contributed by atoms with van der Waals surface area (Å²) in [5.74, 6) is 0.890. The SMILES string of the molecule is COc1cc(-c2ccccn2)cc2noc(N)c12. The van der Waals surface area contributed by atoms with Crippen LogP contribution in [0.3, 0.4) is 0 Å².